The van der Waals surface area contributed by atoms with Gasteiger partial charge in [-0.2, -0.15) is 0 Å². The Bertz CT molecular complexity index is 1240. The summed E-state index contributed by atoms with van der Waals surface area (Å²) in [5, 5.41) is 5.61. The van der Waals surface area contributed by atoms with Gasteiger partial charge in [-0.15, -0.1) is 0 Å². The van der Waals surface area contributed by atoms with Crippen molar-refractivity contribution in [2.75, 3.05) is 31.5 Å². The number of para-hydroxylation sites is 1. The van der Waals surface area contributed by atoms with Crippen LogP contribution in [0.2, 0.25) is 0 Å². The summed E-state index contributed by atoms with van der Waals surface area (Å²) in [7, 11) is 0. The third-order valence-corrected chi connectivity index (χ3v) is 6.03. The molecule has 7 heteroatoms. The van der Waals surface area contributed by atoms with Crippen LogP contribution >= 0.6 is 0 Å². The van der Waals surface area contributed by atoms with Crippen molar-refractivity contribution in [1.29, 1.82) is 0 Å². The SMILES string of the molecule is O=C1Nc2ccccc2/C1=C\c1ccc(-c2ccc(C(=O)NCCN3CCCC3)c(F)c2)o1. The van der Waals surface area contributed by atoms with Crippen LogP contribution in [0.15, 0.2) is 59.0 Å². The van der Waals surface area contributed by atoms with E-state index >= 15 is 0 Å². The number of nitrogens with one attached hydrogen (secondary N) is 2. The quantitative estimate of drug-likeness (QED) is 0.552. The fourth-order valence-electron chi connectivity index (χ4n) is 4.29. The van der Waals surface area contributed by atoms with Crippen LogP contribution in [0.4, 0.5) is 10.1 Å². The molecule has 0 spiro atoms. The summed E-state index contributed by atoms with van der Waals surface area (Å²) in [6.07, 6.45) is 4.05. The number of carbonyl (C=O) groups excluding carboxylic acids is 2. The Morgan fingerprint density at radius 1 is 1.12 bits per heavy atom. The van der Waals surface area contributed by atoms with Crippen LogP contribution in [-0.2, 0) is 4.79 Å². The summed E-state index contributed by atoms with van der Waals surface area (Å²) in [4.78, 5) is 27.0. The Labute approximate surface area is 191 Å². The molecule has 168 valence electrons. The number of fused-ring (bicyclic) bond motifs is 1. The van der Waals surface area contributed by atoms with E-state index in [0.717, 1.165) is 30.9 Å². The lowest BCUT2D eigenvalue weighted by molar-refractivity contribution is -0.110. The molecular weight excluding hydrogens is 421 g/mol. The Hall–Kier alpha value is -3.71. The van der Waals surface area contributed by atoms with Crippen LogP contribution in [-0.4, -0.2) is 42.9 Å². The predicted octanol–water partition coefficient (Wildman–Crippen LogP) is 4.40. The van der Waals surface area contributed by atoms with E-state index in [4.69, 9.17) is 4.42 Å². The number of carbonyl (C=O) groups is 2. The number of rotatable bonds is 6. The van der Waals surface area contributed by atoms with Gasteiger partial charge in [0, 0.05) is 29.9 Å². The second kappa shape index (κ2) is 9.03. The van der Waals surface area contributed by atoms with Crippen molar-refractivity contribution in [2.45, 2.75) is 12.8 Å². The van der Waals surface area contributed by atoms with E-state index in [9.17, 15) is 14.0 Å². The first-order valence-corrected chi connectivity index (χ1v) is 11.1. The van der Waals surface area contributed by atoms with E-state index in [1.54, 1.807) is 24.3 Å². The molecule has 0 atom stereocenters. The zero-order valence-corrected chi connectivity index (χ0v) is 18.1. The molecule has 5 rings (SSSR count). The number of benzene rings is 2. The lowest BCUT2D eigenvalue weighted by Crippen LogP contribution is -2.33. The standard InChI is InChI=1S/C26H24FN3O3/c27-22-15-17(7-9-20(22)25(31)28-11-14-30-12-3-4-13-30)24-10-8-18(33-24)16-21-19-5-1-2-6-23(19)29-26(21)32/h1-2,5-10,15-16H,3-4,11-14H2,(H,28,31)(H,29,32)/b21-16+. The molecule has 1 saturated heterocycles. The molecule has 33 heavy (non-hydrogen) atoms. The molecule has 2 amide bonds. The first-order chi connectivity index (χ1) is 16.1. The number of hydrogen-bond donors (Lipinski definition) is 2. The van der Waals surface area contributed by atoms with Crippen molar-refractivity contribution in [1.82, 2.24) is 10.2 Å². The minimum Gasteiger partial charge on any atom is -0.457 e. The van der Waals surface area contributed by atoms with E-state index in [-0.39, 0.29) is 11.5 Å². The summed E-state index contributed by atoms with van der Waals surface area (Å²) in [5.41, 5.74) is 2.61. The van der Waals surface area contributed by atoms with Gasteiger partial charge in [0.15, 0.2) is 0 Å². The van der Waals surface area contributed by atoms with Crippen LogP contribution in [0.3, 0.4) is 0 Å². The smallest absolute Gasteiger partial charge is 0.256 e. The molecular formula is C26H24FN3O3. The third-order valence-electron chi connectivity index (χ3n) is 6.03. The second-order valence-corrected chi connectivity index (χ2v) is 8.26. The molecule has 1 aromatic heterocycles. The maximum absolute atomic E-state index is 14.7. The van der Waals surface area contributed by atoms with Gasteiger partial charge in [0.1, 0.15) is 17.3 Å². The zero-order chi connectivity index (χ0) is 22.8. The van der Waals surface area contributed by atoms with Gasteiger partial charge in [0.25, 0.3) is 11.8 Å². The Morgan fingerprint density at radius 2 is 1.94 bits per heavy atom. The van der Waals surface area contributed by atoms with Gasteiger partial charge in [-0.05, 0) is 62.3 Å². The van der Waals surface area contributed by atoms with Crippen LogP contribution in [0, 0.1) is 5.82 Å². The Morgan fingerprint density at radius 3 is 2.76 bits per heavy atom. The number of hydrogen-bond acceptors (Lipinski definition) is 4. The van der Waals surface area contributed by atoms with Crippen molar-refractivity contribution < 1.29 is 18.4 Å². The van der Waals surface area contributed by atoms with E-state index in [1.165, 1.54) is 25.0 Å². The molecule has 2 N–H and O–H groups in total. The lowest BCUT2D eigenvalue weighted by atomic mass is 10.1. The highest BCUT2D eigenvalue weighted by Gasteiger charge is 2.24. The van der Waals surface area contributed by atoms with Crippen molar-refractivity contribution in [2.24, 2.45) is 0 Å². The van der Waals surface area contributed by atoms with E-state index < -0.39 is 11.7 Å². The topological polar surface area (TPSA) is 74.6 Å². The highest BCUT2D eigenvalue weighted by atomic mass is 19.1. The first kappa shape index (κ1) is 21.2. The minimum absolute atomic E-state index is 0.00769. The lowest BCUT2D eigenvalue weighted by Gasteiger charge is -2.14. The van der Waals surface area contributed by atoms with Crippen molar-refractivity contribution in [3.8, 4) is 11.3 Å². The molecule has 0 aliphatic carbocycles. The van der Waals surface area contributed by atoms with Gasteiger partial charge in [0.2, 0.25) is 0 Å². The highest BCUT2D eigenvalue weighted by Crippen LogP contribution is 2.33. The van der Waals surface area contributed by atoms with Gasteiger partial charge in [-0.1, -0.05) is 24.3 Å². The molecule has 2 aromatic carbocycles. The summed E-state index contributed by atoms with van der Waals surface area (Å²) in [6, 6.07) is 15.3. The zero-order valence-electron chi connectivity index (χ0n) is 18.1. The fraction of sp³-hybridized carbons (Fsp3) is 0.231. The average molecular weight is 445 g/mol. The number of amides is 2. The normalized spacial score (nSPS) is 16.8. The summed E-state index contributed by atoms with van der Waals surface area (Å²) >= 11 is 0. The third kappa shape index (κ3) is 4.45. The molecule has 0 unspecified atom stereocenters. The molecule has 0 saturated carbocycles. The molecule has 2 aliphatic rings. The monoisotopic (exact) mass is 445 g/mol. The van der Waals surface area contributed by atoms with Gasteiger partial charge < -0.3 is 20.0 Å². The van der Waals surface area contributed by atoms with Crippen LogP contribution in [0.1, 0.15) is 34.5 Å². The number of halogens is 1. The Kier molecular flexibility index (Phi) is 5.79. The molecule has 6 nitrogen and oxygen atoms in total. The molecule has 2 aliphatic heterocycles. The average Bonchev–Trinajstić information content (AvgIpc) is 3.55. The molecule has 0 radical (unpaired) electrons. The van der Waals surface area contributed by atoms with Gasteiger partial charge in [-0.3, -0.25) is 9.59 Å². The maximum Gasteiger partial charge on any atom is 0.256 e. The number of nitrogens with zero attached hydrogens (tertiary/aromatic N) is 1. The molecule has 1 fully saturated rings. The van der Waals surface area contributed by atoms with Gasteiger partial charge in [0.05, 0.1) is 11.1 Å². The molecule has 3 aromatic rings. The number of anilines is 1. The van der Waals surface area contributed by atoms with E-state index in [2.05, 4.69) is 15.5 Å². The summed E-state index contributed by atoms with van der Waals surface area (Å²) < 4.78 is 20.5. The number of furan rings is 1. The van der Waals surface area contributed by atoms with Crippen molar-refractivity contribution in [3.05, 3.63) is 77.3 Å². The van der Waals surface area contributed by atoms with Crippen molar-refractivity contribution in [3.63, 3.8) is 0 Å². The predicted molar refractivity (Wildman–Crippen MR) is 125 cm³/mol. The second-order valence-electron chi connectivity index (χ2n) is 8.26. The first-order valence-electron chi connectivity index (χ1n) is 11.1. The number of likely N-dealkylation sites (tertiary alicyclic amines) is 1. The fourth-order valence-corrected chi connectivity index (χ4v) is 4.29. The van der Waals surface area contributed by atoms with Crippen LogP contribution in [0.5, 0.6) is 0 Å². The van der Waals surface area contributed by atoms with Crippen LogP contribution in [0.25, 0.3) is 23.0 Å². The van der Waals surface area contributed by atoms with Crippen LogP contribution < -0.4 is 10.6 Å². The van der Waals surface area contributed by atoms with Crippen molar-refractivity contribution >= 4 is 29.2 Å². The van der Waals surface area contributed by atoms with Gasteiger partial charge >= 0.3 is 0 Å². The minimum atomic E-state index is -0.605. The van der Waals surface area contributed by atoms with Gasteiger partial charge in [-0.25, -0.2) is 4.39 Å². The maximum atomic E-state index is 14.7. The van der Waals surface area contributed by atoms with E-state index in [0.29, 0.717) is 29.2 Å². The van der Waals surface area contributed by atoms with E-state index in [1.807, 2.05) is 24.3 Å². The highest BCUT2D eigenvalue weighted by molar-refractivity contribution is 6.34. The Balaban J connectivity index is 1.28. The summed E-state index contributed by atoms with van der Waals surface area (Å²) in [6.45, 7) is 3.38. The largest absolute Gasteiger partial charge is 0.457 e. The molecule has 0 bridgehead atoms. The molecule has 3 heterocycles. The summed E-state index contributed by atoms with van der Waals surface area (Å²) in [5.74, 6) is -0.287.